The summed E-state index contributed by atoms with van der Waals surface area (Å²) >= 11 is 0. The van der Waals surface area contributed by atoms with Gasteiger partial charge in [0.05, 0.1) is 0 Å². The van der Waals surface area contributed by atoms with E-state index in [9.17, 15) is 0 Å². The molecule has 0 aliphatic rings. The van der Waals surface area contributed by atoms with Crippen molar-refractivity contribution in [1.82, 2.24) is 0 Å². The minimum atomic E-state index is -0.473. The van der Waals surface area contributed by atoms with E-state index >= 15 is 0 Å². The van der Waals surface area contributed by atoms with Gasteiger partial charge in [-0.15, -0.1) is 12.3 Å². The third kappa shape index (κ3) is 12.5. The Morgan fingerprint density at radius 3 is 0.561 bits per heavy atom. The molecule has 57 heavy (non-hydrogen) atoms. The fourth-order valence-electron chi connectivity index (χ4n) is 6.55. The fourth-order valence-corrected chi connectivity index (χ4v) is 16.1. The van der Waals surface area contributed by atoms with Gasteiger partial charge in [-0.3, -0.25) is 12.3 Å². The average molecular weight is 853 g/mol. The van der Waals surface area contributed by atoms with Crippen LogP contribution in [0.25, 0.3) is 0 Å². The Hall–Kier alpha value is -4.00. The molecule has 8 aromatic carbocycles. The zero-order valence-electron chi connectivity index (χ0n) is 31.9. The Labute approximate surface area is 356 Å². The van der Waals surface area contributed by atoms with Crippen LogP contribution < -0.4 is 42.4 Å². The molecule has 0 unspecified atom stereocenters. The predicted octanol–water partition coefficient (Wildman–Crippen LogP) is 10.3. The molecule has 0 N–H and O–H groups in total. The van der Waals surface area contributed by atoms with Crippen molar-refractivity contribution in [3.05, 3.63) is 255 Å². The van der Waals surface area contributed by atoms with Gasteiger partial charge in [-0.1, -0.05) is 280 Å². The molecule has 0 saturated heterocycles. The van der Waals surface area contributed by atoms with Crippen molar-refractivity contribution in [3.8, 4) is 0 Å². The summed E-state index contributed by atoms with van der Waals surface area (Å²) in [6.45, 7) is 0. The first-order valence-corrected chi connectivity index (χ1v) is 24.9. The third-order valence-electron chi connectivity index (χ3n) is 9.30. The largest absolute Gasteiger partial charge is 0.289 e. The van der Waals surface area contributed by atoms with Crippen LogP contribution in [-0.2, 0) is 17.1 Å². The van der Waals surface area contributed by atoms with Crippen LogP contribution in [0, 0.1) is 12.3 Å². The standard InChI is InChI=1S/2C26H23P2.Fe.2H/c2*1-5-13-23(14-6-1)27(24-15-7-2-8-16-24)21-22-28(25-17-9-3-10-18-25)26-19-11-4-12-20-26;;;/h2*1-21H,22H2;;;/q2*-1;;;. The van der Waals surface area contributed by atoms with Gasteiger partial charge >= 0.3 is 17.1 Å². The smallest absolute Gasteiger partial charge is 0.0220 e. The quantitative estimate of drug-likeness (QED) is 0.0581. The second kappa shape index (κ2) is 23.4. The first-order valence-electron chi connectivity index (χ1n) is 19.0. The molecular weight excluding hydrogens is 804 g/mol. The van der Waals surface area contributed by atoms with Crippen molar-refractivity contribution in [2.45, 2.75) is 0 Å². The Bertz CT molecular complexity index is 1760. The van der Waals surface area contributed by atoms with Crippen LogP contribution in [0.2, 0.25) is 0 Å². The summed E-state index contributed by atoms with van der Waals surface area (Å²) in [6, 6.07) is 87.6. The van der Waals surface area contributed by atoms with E-state index in [2.05, 4.69) is 255 Å². The fraction of sp³-hybridized carbons (Fsp3) is 0.0385. The van der Waals surface area contributed by atoms with Crippen molar-refractivity contribution < 1.29 is 17.1 Å². The van der Waals surface area contributed by atoms with Crippen molar-refractivity contribution in [2.24, 2.45) is 0 Å². The van der Waals surface area contributed by atoms with Gasteiger partial charge in [-0.2, -0.15) is 0 Å². The summed E-state index contributed by atoms with van der Waals surface area (Å²) < 4.78 is 0. The van der Waals surface area contributed by atoms with E-state index in [0.717, 1.165) is 12.3 Å². The average Bonchev–Trinajstić information content (AvgIpc) is 3.29. The topological polar surface area (TPSA) is 0 Å². The van der Waals surface area contributed by atoms with Gasteiger partial charge in [0.2, 0.25) is 0 Å². The maximum Gasteiger partial charge on any atom is -0.0220 e. The molecule has 0 amide bonds. The van der Waals surface area contributed by atoms with Gasteiger partial charge in [0.1, 0.15) is 0 Å². The molecule has 0 aliphatic carbocycles. The monoisotopic (exact) mass is 852 g/mol. The molecule has 8 aromatic rings. The van der Waals surface area contributed by atoms with Gasteiger partial charge in [-0.25, -0.2) is 15.8 Å². The van der Waals surface area contributed by atoms with Gasteiger partial charge in [0, 0.05) is 0 Å². The molecule has 8 rings (SSSR count). The molecule has 0 atom stereocenters. The van der Waals surface area contributed by atoms with Gasteiger partial charge in [0.25, 0.3) is 0 Å². The molecule has 0 fully saturated rings. The van der Waals surface area contributed by atoms with E-state index in [1.807, 2.05) is 0 Å². The summed E-state index contributed by atoms with van der Waals surface area (Å²) in [4.78, 5) is 0. The summed E-state index contributed by atoms with van der Waals surface area (Å²) in [7, 11) is -1.75. The van der Waals surface area contributed by atoms with Crippen LogP contribution in [-0.4, -0.2) is 12.3 Å². The molecule has 0 radical (unpaired) electrons. The molecule has 0 saturated carbocycles. The maximum atomic E-state index is 2.58. The Morgan fingerprint density at radius 2 is 0.386 bits per heavy atom. The number of hydrogen-bond acceptors (Lipinski definition) is 0. The van der Waals surface area contributed by atoms with Crippen molar-refractivity contribution >= 4 is 74.1 Å². The third-order valence-corrected chi connectivity index (χ3v) is 19.2. The maximum absolute atomic E-state index is 2.58. The Kier molecular flexibility index (Phi) is 17.5. The molecule has 0 spiro atoms. The Balaban J connectivity index is 0.000000189. The van der Waals surface area contributed by atoms with Crippen molar-refractivity contribution in [2.75, 3.05) is 12.3 Å². The van der Waals surface area contributed by atoms with E-state index in [1.165, 1.54) is 42.4 Å². The van der Waals surface area contributed by atoms with E-state index < -0.39 is 31.7 Å². The van der Waals surface area contributed by atoms with E-state index in [-0.39, 0.29) is 17.1 Å². The van der Waals surface area contributed by atoms with Crippen LogP contribution in [0.3, 0.4) is 0 Å². The molecule has 0 aromatic heterocycles. The zero-order valence-corrected chi connectivity index (χ0v) is 36.7. The second-order valence-electron chi connectivity index (χ2n) is 13.0. The molecule has 0 bridgehead atoms. The molecule has 0 nitrogen and oxygen atoms in total. The molecular formula is C52H48FeP4-2. The number of rotatable bonds is 14. The van der Waals surface area contributed by atoms with Crippen LogP contribution in [0.15, 0.2) is 243 Å². The minimum absolute atomic E-state index is 0. The molecule has 5 heteroatoms. The first kappa shape index (κ1) is 42.6. The van der Waals surface area contributed by atoms with E-state index in [1.54, 1.807) is 0 Å². The number of hydrogen-bond donors (Lipinski definition) is 0. The van der Waals surface area contributed by atoms with Crippen LogP contribution in [0.1, 0.15) is 0 Å². The summed E-state index contributed by atoms with van der Waals surface area (Å²) in [5.74, 6) is 0. The summed E-state index contributed by atoms with van der Waals surface area (Å²) in [5.41, 5.74) is 0. The van der Waals surface area contributed by atoms with Gasteiger partial charge < -0.3 is 0 Å². The van der Waals surface area contributed by atoms with Crippen molar-refractivity contribution in [3.63, 3.8) is 0 Å². The van der Waals surface area contributed by atoms with Gasteiger partial charge in [-0.05, 0) is 21.2 Å². The molecule has 0 aliphatic heterocycles. The van der Waals surface area contributed by atoms with E-state index in [4.69, 9.17) is 0 Å². The first-order chi connectivity index (χ1) is 27.8. The Morgan fingerprint density at radius 1 is 0.228 bits per heavy atom. The number of benzene rings is 8. The van der Waals surface area contributed by atoms with E-state index in [0.29, 0.717) is 0 Å². The van der Waals surface area contributed by atoms with Crippen LogP contribution in [0.5, 0.6) is 0 Å². The predicted molar refractivity (Wildman–Crippen MR) is 257 cm³/mol. The van der Waals surface area contributed by atoms with Gasteiger partial charge in [0.15, 0.2) is 0 Å². The second-order valence-corrected chi connectivity index (χ2v) is 21.8. The zero-order chi connectivity index (χ0) is 38.0. The minimum Gasteiger partial charge on any atom is -0.289 e. The summed E-state index contributed by atoms with van der Waals surface area (Å²) in [6.07, 6.45) is 7.31. The normalized spacial score (nSPS) is 10.9. The SMILES string of the molecule is [FeH2].c1ccc(P([CH-]CP(c2ccccc2)c2ccccc2)c2ccccc2)cc1.c1ccc(P([CH-]CP(c2ccccc2)c2ccccc2)c2ccccc2)cc1. The van der Waals surface area contributed by atoms with Crippen LogP contribution in [0.4, 0.5) is 0 Å². The molecule has 286 valence electrons. The van der Waals surface area contributed by atoms with Crippen LogP contribution >= 0.6 is 31.7 Å². The summed E-state index contributed by atoms with van der Waals surface area (Å²) in [5, 5.41) is 11.4. The van der Waals surface area contributed by atoms with Crippen molar-refractivity contribution in [1.29, 1.82) is 0 Å². The molecule has 0 heterocycles.